The molecule has 0 N–H and O–H groups in total. The van der Waals surface area contributed by atoms with E-state index in [1.807, 2.05) is 24.3 Å². The largest absolute Gasteiger partial charge is 0.497 e. The summed E-state index contributed by atoms with van der Waals surface area (Å²) in [6.45, 7) is 4.54. The fourth-order valence-electron chi connectivity index (χ4n) is 3.28. The smallest absolute Gasteiger partial charge is 0.143 e. The molecular formula is C24H25O2S. The average molecular weight is 378 g/mol. The maximum atomic E-state index is 6.67. The van der Waals surface area contributed by atoms with Crippen molar-refractivity contribution in [3.63, 3.8) is 0 Å². The molecule has 0 saturated heterocycles. The van der Waals surface area contributed by atoms with Crippen molar-refractivity contribution in [1.82, 2.24) is 0 Å². The SMILES string of the molecule is [CH2]CSCCOC(c1ccccc1)(c1ccccc1)c1ccc(OC)cc1. The molecule has 0 aromatic heterocycles. The molecule has 139 valence electrons. The number of rotatable bonds is 9. The second kappa shape index (κ2) is 9.63. The van der Waals surface area contributed by atoms with Gasteiger partial charge in [-0.25, -0.2) is 0 Å². The number of ether oxygens (including phenoxy) is 2. The second-order valence-corrected chi connectivity index (χ2v) is 7.33. The topological polar surface area (TPSA) is 18.5 Å². The van der Waals surface area contributed by atoms with Crippen LogP contribution in [0.5, 0.6) is 5.75 Å². The number of methoxy groups -OCH3 is 1. The summed E-state index contributed by atoms with van der Waals surface area (Å²) in [6.07, 6.45) is 0. The van der Waals surface area contributed by atoms with Crippen molar-refractivity contribution >= 4 is 11.8 Å². The summed E-state index contributed by atoms with van der Waals surface area (Å²) in [5, 5.41) is 0. The Morgan fingerprint density at radius 3 is 1.78 bits per heavy atom. The zero-order valence-electron chi connectivity index (χ0n) is 15.6. The summed E-state index contributed by atoms with van der Waals surface area (Å²) in [4.78, 5) is 0. The minimum atomic E-state index is -0.670. The molecule has 2 nitrogen and oxygen atoms in total. The molecule has 3 aromatic rings. The monoisotopic (exact) mass is 377 g/mol. The van der Waals surface area contributed by atoms with E-state index in [1.165, 1.54) is 0 Å². The van der Waals surface area contributed by atoms with Crippen LogP contribution in [-0.2, 0) is 10.3 Å². The van der Waals surface area contributed by atoms with E-state index in [0.717, 1.165) is 33.9 Å². The highest BCUT2D eigenvalue weighted by Crippen LogP contribution is 2.41. The van der Waals surface area contributed by atoms with Crippen molar-refractivity contribution in [2.24, 2.45) is 0 Å². The third-order valence-corrected chi connectivity index (χ3v) is 5.29. The Bertz CT molecular complexity index is 761. The molecule has 0 spiro atoms. The summed E-state index contributed by atoms with van der Waals surface area (Å²) < 4.78 is 12.0. The summed E-state index contributed by atoms with van der Waals surface area (Å²) in [7, 11) is 1.68. The minimum absolute atomic E-state index is 0.635. The lowest BCUT2D eigenvalue weighted by Crippen LogP contribution is -2.33. The van der Waals surface area contributed by atoms with E-state index in [1.54, 1.807) is 18.9 Å². The van der Waals surface area contributed by atoms with Gasteiger partial charge in [0.25, 0.3) is 0 Å². The zero-order chi connectivity index (χ0) is 19.0. The van der Waals surface area contributed by atoms with Gasteiger partial charge in [-0.05, 0) is 41.5 Å². The van der Waals surface area contributed by atoms with Gasteiger partial charge in [-0.2, -0.15) is 11.8 Å². The van der Waals surface area contributed by atoms with E-state index in [2.05, 4.69) is 67.6 Å². The van der Waals surface area contributed by atoms with Crippen LogP contribution in [0.1, 0.15) is 16.7 Å². The van der Waals surface area contributed by atoms with Gasteiger partial charge in [0.15, 0.2) is 0 Å². The molecule has 0 aliphatic rings. The zero-order valence-corrected chi connectivity index (χ0v) is 16.5. The first kappa shape index (κ1) is 19.5. The van der Waals surface area contributed by atoms with Gasteiger partial charge in [-0.15, -0.1) is 0 Å². The third-order valence-electron chi connectivity index (χ3n) is 4.55. The molecular weight excluding hydrogens is 352 g/mol. The Morgan fingerprint density at radius 2 is 1.30 bits per heavy atom. The molecule has 3 rings (SSSR count). The molecule has 0 heterocycles. The van der Waals surface area contributed by atoms with Crippen LogP contribution < -0.4 is 4.74 Å². The molecule has 0 amide bonds. The summed E-state index contributed by atoms with van der Waals surface area (Å²) in [5.74, 6) is 2.58. The van der Waals surface area contributed by atoms with Crippen molar-refractivity contribution in [2.45, 2.75) is 5.60 Å². The maximum Gasteiger partial charge on any atom is 0.143 e. The first-order valence-electron chi connectivity index (χ1n) is 9.08. The summed E-state index contributed by atoms with van der Waals surface area (Å²) in [5.41, 5.74) is 2.64. The lowest BCUT2D eigenvalue weighted by molar-refractivity contribution is 0.0233. The number of hydrogen-bond acceptors (Lipinski definition) is 3. The fraction of sp³-hybridized carbons (Fsp3) is 0.208. The van der Waals surface area contributed by atoms with Crippen LogP contribution in [0.15, 0.2) is 84.9 Å². The minimum Gasteiger partial charge on any atom is -0.497 e. The highest BCUT2D eigenvalue weighted by atomic mass is 32.2. The third kappa shape index (κ3) is 4.37. The maximum absolute atomic E-state index is 6.67. The van der Waals surface area contributed by atoms with Crippen molar-refractivity contribution in [3.8, 4) is 5.75 Å². The highest BCUT2D eigenvalue weighted by Gasteiger charge is 2.37. The van der Waals surface area contributed by atoms with E-state index in [-0.39, 0.29) is 0 Å². The van der Waals surface area contributed by atoms with Crippen LogP contribution in [0, 0.1) is 6.92 Å². The Balaban J connectivity index is 2.14. The van der Waals surface area contributed by atoms with Gasteiger partial charge in [-0.3, -0.25) is 0 Å². The Labute approximate surface area is 166 Å². The van der Waals surface area contributed by atoms with Gasteiger partial charge in [0, 0.05) is 5.75 Å². The van der Waals surface area contributed by atoms with Crippen LogP contribution in [0.25, 0.3) is 0 Å². The van der Waals surface area contributed by atoms with Gasteiger partial charge < -0.3 is 9.47 Å². The molecule has 0 unspecified atom stereocenters. The molecule has 3 aromatic carbocycles. The van der Waals surface area contributed by atoms with Gasteiger partial charge in [0.2, 0.25) is 0 Å². The summed E-state index contributed by atoms with van der Waals surface area (Å²) in [6, 6.07) is 29.0. The number of hydrogen-bond donors (Lipinski definition) is 0. The molecule has 0 saturated carbocycles. The second-order valence-electron chi connectivity index (χ2n) is 6.10. The van der Waals surface area contributed by atoms with Gasteiger partial charge in [-0.1, -0.05) is 72.8 Å². The van der Waals surface area contributed by atoms with Crippen molar-refractivity contribution in [2.75, 3.05) is 25.2 Å². The molecule has 0 aliphatic carbocycles. The van der Waals surface area contributed by atoms with E-state index >= 15 is 0 Å². The Morgan fingerprint density at radius 1 is 0.778 bits per heavy atom. The van der Waals surface area contributed by atoms with Gasteiger partial charge in [0.1, 0.15) is 11.4 Å². The molecule has 27 heavy (non-hydrogen) atoms. The first-order chi connectivity index (χ1) is 13.3. The standard InChI is InChI=1S/C24H25O2S/c1-3-27-19-18-26-24(20-10-6-4-7-11-20,21-12-8-5-9-13-21)22-14-16-23(25-2)17-15-22/h4-17H,1,3,18-19H2,2H3. The first-order valence-corrected chi connectivity index (χ1v) is 10.2. The predicted molar refractivity (Wildman–Crippen MR) is 114 cm³/mol. The molecule has 0 atom stereocenters. The Hall–Kier alpha value is -2.23. The number of thioether (sulfide) groups is 1. The molecule has 0 bridgehead atoms. The van der Waals surface area contributed by atoms with Crippen LogP contribution >= 0.6 is 11.8 Å². The van der Waals surface area contributed by atoms with Crippen LogP contribution in [-0.4, -0.2) is 25.2 Å². The molecule has 0 fully saturated rings. The van der Waals surface area contributed by atoms with E-state index < -0.39 is 5.60 Å². The van der Waals surface area contributed by atoms with Crippen LogP contribution in [0.4, 0.5) is 0 Å². The van der Waals surface area contributed by atoms with Crippen molar-refractivity contribution in [3.05, 3.63) is 109 Å². The Kier molecular flexibility index (Phi) is 6.97. The quantitative estimate of drug-likeness (QED) is 0.359. The normalized spacial score (nSPS) is 11.3. The predicted octanol–water partition coefficient (Wildman–Crippen LogP) is 5.57. The van der Waals surface area contributed by atoms with E-state index in [9.17, 15) is 0 Å². The van der Waals surface area contributed by atoms with E-state index in [0.29, 0.717) is 6.61 Å². The molecule has 1 radical (unpaired) electrons. The molecule has 0 aliphatic heterocycles. The van der Waals surface area contributed by atoms with Crippen LogP contribution in [0.2, 0.25) is 0 Å². The van der Waals surface area contributed by atoms with Gasteiger partial charge in [0.05, 0.1) is 13.7 Å². The lowest BCUT2D eigenvalue weighted by Gasteiger charge is -2.36. The number of benzene rings is 3. The summed E-state index contributed by atoms with van der Waals surface area (Å²) >= 11 is 1.78. The van der Waals surface area contributed by atoms with Gasteiger partial charge >= 0.3 is 0 Å². The highest BCUT2D eigenvalue weighted by molar-refractivity contribution is 7.99. The van der Waals surface area contributed by atoms with Crippen molar-refractivity contribution < 1.29 is 9.47 Å². The van der Waals surface area contributed by atoms with E-state index in [4.69, 9.17) is 9.47 Å². The molecule has 3 heteroatoms. The van der Waals surface area contributed by atoms with Crippen molar-refractivity contribution in [1.29, 1.82) is 0 Å². The average Bonchev–Trinajstić information content (AvgIpc) is 2.75. The lowest BCUT2D eigenvalue weighted by atomic mass is 9.80. The fourth-order valence-corrected chi connectivity index (χ4v) is 3.68. The van der Waals surface area contributed by atoms with Crippen LogP contribution in [0.3, 0.4) is 0 Å².